The first-order valence-electron chi connectivity index (χ1n) is 6.67. The third-order valence-electron chi connectivity index (χ3n) is 3.30. The van der Waals surface area contributed by atoms with Crippen LogP contribution in [0.25, 0.3) is 0 Å². The van der Waals surface area contributed by atoms with Crippen LogP contribution in [0, 0.1) is 11.2 Å². The Morgan fingerprint density at radius 2 is 2.00 bits per heavy atom. The lowest BCUT2D eigenvalue weighted by molar-refractivity contribution is -0.137. The molecule has 1 rings (SSSR count). The lowest BCUT2D eigenvalue weighted by Crippen LogP contribution is -2.28. The van der Waals surface area contributed by atoms with Gasteiger partial charge in [0, 0.05) is 13.0 Å². The first-order chi connectivity index (χ1) is 9.73. The van der Waals surface area contributed by atoms with Crippen molar-refractivity contribution in [3.8, 4) is 0 Å². The molecule has 0 aliphatic heterocycles. The number of carboxylic acid groups (broad SMARTS) is 1. The second-order valence-electron chi connectivity index (χ2n) is 5.67. The van der Waals surface area contributed by atoms with Crippen molar-refractivity contribution in [2.75, 3.05) is 6.54 Å². The topological polar surface area (TPSA) is 66.4 Å². The second kappa shape index (κ2) is 7.54. The van der Waals surface area contributed by atoms with Crippen molar-refractivity contribution in [1.82, 2.24) is 5.32 Å². The minimum Gasteiger partial charge on any atom is -0.481 e. The van der Waals surface area contributed by atoms with Gasteiger partial charge in [-0.15, -0.1) is 0 Å². The Labute approximate surface area is 131 Å². The quantitative estimate of drug-likeness (QED) is 0.781. The number of hydrogen-bond acceptors (Lipinski definition) is 2. The van der Waals surface area contributed by atoms with Crippen LogP contribution in [0.15, 0.2) is 22.7 Å². The molecule has 0 aliphatic rings. The third-order valence-corrected chi connectivity index (χ3v) is 4.11. The SMILES string of the molecule is CC(C)(CCNC(=O)c1cccc(F)c1Br)CCC(=O)O. The Morgan fingerprint density at radius 3 is 2.62 bits per heavy atom. The zero-order chi connectivity index (χ0) is 16.0. The molecule has 0 heterocycles. The zero-order valence-corrected chi connectivity index (χ0v) is 13.7. The number of halogens is 2. The van der Waals surface area contributed by atoms with Crippen LogP contribution in [0.1, 0.15) is 43.5 Å². The molecule has 0 saturated heterocycles. The van der Waals surface area contributed by atoms with E-state index >= 15 is 0 Å². The molecule has 1 aromatic carbocycles. The molecule has 0 bridgehead atoms. The van der Waals surface area contributed by atoms with E-state index in [1.54, 1.807) is 0 Å². The van der Waals surface area contributed by atoms with Crippen molar-refractivity contribution in [2.45, 2.75) is 33.1 Å². The molecule has 0 radical (unpaired) electrons. The molecule has 0 fully saturated rings. The van der Waals surface area contributed by atoms with Gasteiger partial charge in [-0.3, -0.25) is 9.59 Å². The molecule has 1 amide bonds. The van der Waals surface area contributed by atoms with Crippen molar-refractivity contribution in [1.29, 1.82) is 0 Å². The standard InChI is InChI=1S/C15H19BrFNO3/c1-15(2,7-6-12(19)20)8-9-18-14(21)10-4-3-5-11(17)13(10)16/h3-5H,6-9H2,1-2H3,(H,18,21)(H,19,20). The van der Waals surface area contributed by atoms with Crippen LogP contribution in [0.4, 0.5) is 4.39 Å². The molecule has 0 spiro atoms. The number of hydrogen-bond donors (Lipinski definition) is 2. The van der Waals surface area contributed by atoms with Gasteiger partial charge in [0.05, 0.1) is 10.0 Å². The summed E-state index contributed by atoms with van der Waals surface area (Å²) in [5.41, 5.74) is 0.0727. The molecule has 0 saturated carbocycles. The van der Waals surface area contributed by atoms with E-state index in [0.717, 1.165) is 0 Å². The Bertz CT molecular complexity index is 532. The maximum absolute atomic E-state index is 13.3. The molecule has 0 unspecified atom stereocenters. The van der Waals surface area contributed by atoms with Crippen LogP contribution < -0.4 is 5.32 Å². The molecule has 4 nitrogen and oxygen atoms in total. The minimum atomic E-state index is -0.823. The smallest absolute Gasteiger partial charge is 0.303 e. The van der Waals surface area contributed by atoms with Crippen molar-refractivity contribution >= 4 is 27.8 Å². The Kier molecular flexibility index (Phi) is 6.33. The summed E-state index contributed by atoms with van der Waals surface area (Å²) >= 11 is 3.05. The monoisotopic (exact) mass is 359 g/mol. The summed E-state index contributed by atoms with van der Waals surface area (Å²) in [7, 11) is 0. The largest absolute Gasteiger partial charge is 0.481 e. The number of amides is 1. The normalized spacial score (nSPS) is 11.2. The number of benzene rings is 1. The van der Waals surface area contributed by atoms with E-state index in [1.165, 1.54) is 18.2 Å². The number of rotatable bonds is 7. The van der Waals surface area contributed by atoms with Gasteiger partial charge in [0.1, 0.15) is 5.82 Å². The highest BCUT2D eigenvalue weighted by Gasteiger charge is 2.20. The third kappa shape index (κ3) is 5.83. The van der Waals surface area contributed by atoms with Gasteiger partial charge >= 0.3 is 5.97 Å². The first-order valence-corrected chi connectivity index (χ1v) is 7.46. The van der Waals surface area contributed by atoms with Gasteiger partial charge in [-0.2, -0.15) is 0 Å². The summed E-state index contributed by atoms with van der Waals surface area (Å²) in [4.78, 5) is 22.5. The van der Waals surface area contributed by atoms with E-state index in [2.05, 4.69) is 21.2 Å². The Balaban J connectivity index is 2.50. The maximum atomic E-state index is 13.3. The van der Waals surface area contributed by atoms with Gasteiger partial charge in [0.2, 0.25) is 0 Å². The molecule has 0 aromatic heterocycles. The molecule has 1 aromatic rings. The summed E-state index contributed by atoms with van der Waals surface area (Å²) < 4.78 is 13.5. The number of carbonyl (C=O) groups excluding carboxylic acids is 1. The van der Waals surface area contributed by atoms with Crippen molar-refractivity contribution < 1.29 is 19.1 Å². The van der Waals surface area contributed by atoms with Gasteiger partial charge in [-0.25, -0.2) is 4.39 Å². The summed E-state index contributed by atoms with van der Waals surface area (Å²) in [5.74, 6) is -1.66. The number of carboxylic acids is 1. The minimum absolute atomic E-state index is 0.108. The van der Waals surface area contributed by atoms with E-state index in [0.29, 0.717) is 19.4 Å². The van der Waals surface area contributed by atoms with Crippen LogP contribution in [-0.2, 0) is 4.79 Å². The Morgan fingerprint density at radius 1 is 1.33 bits per heavy atom. The molecule has 6 heteroatoms. The molecule has 0 aliphatic carbocycles. The molecule has 0 atom stereocenters. The lowest BCUT2D eigenvalue weighted by atomic mass is 9.84. The van der Waals surface area contributed by atoms with Crippen molar-refractivity contribution in [3.05, 3.63) is 34.1 Å². The van der Waals surface area contributed by atoms with Crippen molar-refractivity contribution in [2.24, 2.45) is 5.41 Å². The van der Waals surface area contributed by atoms with Gasteiger partial charge in [-0.05, 0) is 46.3 Å². The summed E-state index contributed by atoms with van der Waals surface area (Å²) in [5, 5.41) is 11.4. The number of nitrogens with one attached hydrogen (secondary N) is 1. The molecule has 2 N–H and O–H groups in total. The fourth-order valence-electron chi connectivity index (χ4n) is 1.86. The van der Waals surface area contributed by atoms with Crippen molar-refractivity contribution in [3.63, 3.8) is 0 Å². The highest BCUT2D eigenvalue weighted by molar-refractivity contribution is 9.10. The van der Waals surface area contributed by atoms with Crippen LogP contribution in [-0.4, -0.2) is 23.5 Å². The van der Waals surface area contributed by atoms with Gasteiger partial charge in [0.25, 0.3) is 5.91 Å². The fraction of sp³-hybridized carbons (Fsp3) is 0.467. The average Bonchev–Trinajstić information content (AvgIpc) is 2.39. The maximum Gasteiger partial charge on any atom is 0.303 e. The lowest BCUT2D eigenvalue weighted by Gasteiger charge is -2.23. The van der Waals surface area contributed by atoms with Crippen LogP contribution >= 0.6 is 15.9 Å². The van der Waals surface area contributed by atoms with E-state index in [-0.39, 0.29) is 27.8 Å². The average molecular weight is 360 g/mol. The zero-order valence-electron chi connectivity index (χ0n) is 12.1. The number of aliphatic carboxylic acids is 1. The molecule has 21 heavy (non-hydrogen) atoms. The summed E-state index contributed by atoms with van der Waals surface area (Å²) in [6.45, 7) is 4.33. The van der Waals surface area contributed by atoms with E-state index in [9.17, 15) is 14.0 Å². The summed E-state index contributed by atoms with van der Waals surface area (Å²) in [6, 6.07) is 4.29. The van der Waals surface area contributed by atoms with Gasteiger partial charge in [-0.1, -0.05) is 19.9 Å². The first kappa shape index (κ1) is 17.6. The van der Waals surface area contributed by atoms with Gasteiger partial charge < -0.3 is 10.4 Å². The van der Waals surface area contributed by atoms with Crippen LogP contribution in [0.5, 0.6) is 0 Å². The van der Waals surface area contributed by atoms with Crippen LogP contribution in [0.3, 0.4) is 0 Å². The van der Waals surface area contributed by atoms with Gasteiger partial charge in [0.15, 0.2) is 0 Å². The van der Waals surface area contributed by atoms with E-state index < -0.39 is 11.8 Å². The summed E-state index contributed by atoms with van der Waals surface area (Å²) in [6.07, 6.45) is 1.30. The predicted molar refractivity (Wildman–Crippen MR) is 81.7 cm³/mol. The second-order valence-corrected chi connectivity index (χ2v) is 6.46. The van der Waals surface area contributed by atoms with E-state index in [4.69, 9.17) is 5.11 Å². The molecular weight excluding hydrogens is 341 g/mol. The highest BCUT2D eigenvalue weighted by atomic mass is 79.9. The number of carbonyl (C=O) groups is 2. The molecule has 116 valence electrons. The Hall–Kier alpha value is -1.43. The van der Waals surface area contributed by atoms with E-state index in [1.807, 2.05) is 13.8 Å². The fourth-order valence-corrected chi connectivity index (χ4v) is 2.30. The highest BCUT2D eigenvalue weighted by Crippen LogP contribution is 2.26. The molecular formula is C15H19BrFNO3. The predicted octanol–water partition coefficient (Wildman–Crippen LogP) is 3.60. The van der Waals surface area contributed by atoms with Crippen LogP contribution in [0.2, 0.25) is 0 Å².